The second kappa shape index (κ2) is 6.87. The van der Waals surface area contributed by atoms with E-state index >= 15 is 0 Å². The molecule has 2 aromatic carbocycles. The van der Waals surface area contributed by atoms with E-state index in [1.54, 1.807) is 18.2 Å². The number of sulfone groups is 1. The van der Waals surface area contributed by atoms with E-state index in [9.17, 15) is 12.8 Å². The summed E-state index contributed by atoms with van der Waals surface area (Å²) in [5.74, 6) is 0.459. The highest BCUT2D eigenvalue weighted by Gasteiger charge is 2.47. The van der Waals surface area contributed by atoms with Gasteiger partial charge in [-0.2, -0.15) is 0 Å². The van der Waals surface area contributed by atoms with Crippen LogP contribution in [0, 0.1) is 5.82 Å². The maximum Gasteiger partial charge on any atom is 0.164 e. The molecule has 0 aromatic heterocycles. The summed E-state index contributed by atoms with van der Waals surface area (Å²) < 4.78 is 37.5. The molecule has 4 nitrogen and oxygen atoms in total. The zero-order valence-electron chi connectivity index (χ0n) is 13.7. The molecule has 1 fully saturated rings. The van der Waals surface area contributed by atoms with Crippen molar-refractivity contribution in [1.29, 1.82) is 0 Å². The molecule has 2 aromatic rings. The molecule has 4 rings (SSSR count). The normalized spacial score (nSPS) is 23.8. The van der Waals surface area contributed by atoms with Crippen molar-refractivity contribution in [2.24, 2.45) is 4.99 Å². The Hall–Kier alpha value is -1.57. The molecule has 0 saturated carbocycles. The number of hydrogen-bond donors (Lipinski definition) is 0. The number of anilines is 1. The maximum atomic E-state index is 13.4. The SMILES string of the molecule is O=S1(=O)C[C@H]2N=C(SCc3cccc(F)c3)N(c3ccc(Cl)cc3)[C@H]2C1. The molecule has 0 aliphatic carbocycles. The van der Waals surface area contributed by atoms with Gasteiger partial charge in [-0.05, 0) is 42.0 Å². The molecule has 136 valence electrons. The summed E-state index contributed by atoms with van der Waals surface area (Å²) in [6.45, 7) is 0. The molecule has 26 heavy (non-hydrogen) atoms. The van der Waals surface area contributed by atoms with E-state index in [2.05, 4.69) is 4.99 Å². The van der Waals surface area contributed by atoms with Gasteiger partial charge in [-0.1, -0.05) is 35.5 Å². The van der Waals surface area contributed by atoms with Gasteiger partial charge in [0, 0.05) is 16.5 Å². The lowest BCUT2D eigenvalue weighted by molar-refractivity contribution is 0.601. The average molecular weight is 411 g/mol. The number of amidine groups is 1. The number of rotatable bonds is 3. The molecule has 0 N–H and O–H groups in total. The summed E-state index contributed by atoms with van der Waals surface area (Å²) in [4.78, 5) is 6.64. The van der Waals surface area contributed by atoms with Crippen LogP contribution in [0.2, 0.25) is 5.02 Å². The molecule has 2 heterocycles. The first-order chi connectivity index (χ1) is 12.4. The van der Waals surface area contributed by atoms with E-state index in [1.807, 2.05) is 23.1 Å². The van der Waals surface area contributed by atoms with Gasteiger partial charge in [-0.15, -0.1) is 0 Å². The van der Waals surface area contributed by atoms with Crippen molar-refractivity contribution in [3.63, 3.8) is 0 Å². The molecule has 0 unspecified atom stereocenters. The number of hydrogen-bond acceptors (Lipinski definition) is 5. The molecular weight excluding hydrogens is 395 g/mol. The van der Waals surface area contributed by atoms with Crippen molar-refractivity contribution in [2.45, 2.75) is 17.8 Å². The fourth-order valence-electron chi connectivity index (χ4n) is 3.31. The number of aliphatic imine (C=N–C) groups is 1. The third kappa shape index (κ3) is 3.61. The average Bonchev–Trinajstić information content (AvgIpc) is 3.05. The van der Waals surface area contributed by atoms with E-state index < -0.39 is 9.84 Å². The Morgan fingerprint density at radius 1 is 1.19 bits per heavy atom. The largest absolute Gasteiger partial charge is 0.315 e. The molecule has 1 saturated heterocycles. The van der Waals surface area contributed by atoms with Crippen LogP contribution in [-0.4, -0.2) is 37.2 Å². The lowest BCUT2D eigenvalue weighted by atomic mass is 10.1. The summed E-state index contributed by atoms with van der Waals surface area (Å²) >= 11 is 7.47. The van der Waals surface area contributed by atoms with Crippen LogP contribution in [0.15, 0.2) is 53.5 Å². The predicted molar refractivity (Wildman–Crippen MR) is 105 cm³/mol. The van der Waals surface area contributed by atoms with Crippen LogP contribution < -0.4 is 4.90 Å². The highest BCUT2D eigenvalue weighted by atomic mass is 35.5. The van der Waals surface area contributed by atoms with E-state index in [-0.39, 0.29) is 29.4 Å². The van der Waals surface area contributed by atoms with Crippen LogP contribution in [0.5, 0.6) is 0 Å². The van der Waals surface area contributed by atoms with Crippen molar-refractivity contribution in [3.05, 3.63) is 64.9 Å². The summed E-state index contributed by atoms with van der Waals surface area (Å²) in [5, 5.41) is 1.39. The first-order valence-corrected chi connectivity index (χ1v) is 11.3. The minimum absolute atomic E-state index is 0.0752. The van der Waals surface area contributed by atoms with Gasteiger partial charge >= 0.3 is 0 Å². The Bertz CT molecular complexity index is 963. The predicted octanol–water partition coefficient (Wildman–Crippen LogP) is 3.75. The fourth-order valence-corrected chi connectivity index (χ4v) is 6.35. The first-order valence-electron chi connectivity index (χ1n) is 8.11. The maximum absolute atomic E-state index is 13.4. The highest BCUT2D eigenvalue weighted by Crippen LogP contribution is 2.36. The third-order valence-corrected chi connectivity index (χ3v) is 7.46. The number of nitrogens with zero attached hydrogens (tertiary/aromatic N) is 2. The number of benzene rings is 2. The van der Waals surface area contributed by atoms with E-state index in [0.29, 0.717) is 10.8 Å². The standard InChI is InChI=1S/C18H16ClFN2O2S2/c19-13-4-6-15(7-5-13)22-17-11-26(23,24)10-16(17)21-18(22)25-9-12-2-1-3-14(20)8-12/h1-8,16-17H,9-11H2/t16-,17+/m1/s1. The second-order valence-electron chi connectivity index (χ2n) is 6.39. The fraction of sp³-hybridized carbons (Fsp3) is 0.278. The van der Waals surface area contributed by atoms with Crippen LogP contribution in [-0.2, 0) is 15.6 Å². The number of thioether (sulfide) groups is 1. The van der Waals surface area contributed by atoms with Gasteiger partial charge in [-0.25, -0.2) is 12.8 Å². The highest BCUT2D eigenvalue weighted by molar-refractivity contribution is 8.13. The zero-order valence-corrected chi connectivity index (χ0v) is 16.1. The molecular formula is C18H16ClFN2O2S2. The van der Waals surface area contributed by atoms with E-state index in [1.165, 1.54) is 23.9 Å². The quantitative estimate of drug-likeness (QED) is 0.773. The van der Waals surface area contributed by atoms with Gasteiger partial charge in [0.25, 0.3) is 0 Å². The van der Waals surface area contributed by atoms with Crippen LogP contribution in [0.4, 0.5) is 10.1 Å². The van der Waals surface area contributed by atoms with Crippen molar-refractivity contribution < 1.29 is 12.8 Å². The first kappa shape index (κ1) is 17.8. The van der Waals surface area contributed by atoms with Gasteiger partial charge in [0.2, 0.25) is 0 Å². The van der Waals surface area contributed by atoms with Crippen LogP contribution in [0.3, 0.4) is 0 Å². The summed E-state index contributed by atoms with van der Waals surface area (Å²) in [7, 11) is -3.08. The van der Waals surface area contributed by atoms with Gasteiger partial charge in [0.1, 0.15) is 5.82 Å². The molecule has 2 atom stereocenters. The van der Waals surface area contributed by atoms with Crippen LogP contribution in [0.1, 0.15) is 5.56 Å². The van der Waals surface area contributed by atoms with Gasteiger partial charge in [0.05, 0.1) is 23.6 Å². The number of fused-ring (bicyclic) bond motifs is 1. The Balaban J connectivity index is 1.61. The molecule has 0 spiro atoms. The van der Waals surface area contributed by atoms with Crippen molar-refractivity contribution in [3.8, 4) is 0 Å². The minimum atomic E-state index is -3.08. The van der Waals surface area contributed by atoms with Crippen LogP contribution in [0.25, 0.3) is 0 Å². The lowest BCUT2D eigenvalue weighted by Crippen LogP contribution is -2.39. The van der Waals surface area contributed by atoms with Crippen molar-refractivity contribution in [1.82, 2.24) is 0 Å². The summed E-state index contributed by atoms with van der Waals surface area (Å²) in [6, 6.07) is 13.3. The Kier molecular flexibility index (Phi) is 4.71. The Morgan fingerprint density at radius 3 is 2.69 bits per heavy atom. The van der Waals surface area contributed by atoms with Crippen molar-refractivity contribution >= 4 is 44.1 Å². The zero-order chi connectivity index (χ0) is 18.3. The molecule has 2 aliphatic heterocycles. The van der Waals surface area contributed by atoms with Gasteiger partial charge in [-0.3, -0.25) is 4.99 Å². The van der Waals surface area contributed by atoms with Gasteiger partial charge < -0.3 is 4.90 Å². The Morgan fingerprint density at radius 2 is 1.96 bits per heavy atom. The third-order valence-electron chi connectivity index (χ3n) is 4.47. The monoisotopic (exact) mass is 410 g/mol. The Labute approximate surface area is 161 Å². The van der Waals surface area contributed by atoms with E-state index in [0.717, 1.165) is 16.4 Å². The van der Waals surface area contributed by atoms with E-state index in [4.69, 9.17) is 11.6 Å². The molecule has 0 amide bonds. The summed E-state index contributed by atoms with van der Waals surface area (Å²) in [6.07, 6.45) is 0. The molecule has 0 bridgehead atoms. The molecule has 0 radical (unpaired) electrons. The summed E-state index contributed by atoms with van der Waals surface area (Å²) in [5.41, 5.74) is 1.72. The second-order valence-corrected chi connectivity index (χ2v) is 9.92. The molecule has 2 aliphatic rings. The smallest absolute Gasteiger partial charge is 0.164 e. The molecule has 8 heteroatoms. The van der Waals surface area contributed by atoms with Gasteiger partial charge in [0.15, 0.2) is 15.0 Å². The lowest BCUT2D eigenvalue weighted by Gasteiger charge is -2.26. The topological polar surface area (TPSA) is 49.7 Å². The number of halogens is 2. The minimum Gasteiger partial charge on any atom is -0.315 e. The van der Waals surface area contributed by atoms with Crippen molar-refractivity contribution in [2.75, 3.05) is 16.4 Å². The van der Waals surface area contributed by atoms with Crippen LogP contribution >= 0.6 is 23.4 Å².